The quantitative estimate of drug-likeness (QED) is 0.200. The van der Waals surface area contributed by atoms with Crippen molar-refractivity contribution in [1.29, 1.82) is 0 Å². The van der Waals surface area contributed by atoms with Gasteiger partial charge in [0.05, 0.1) is 30.3 Å². The Morgan fingerprint density at radius 2 is 1.59 bits per heavy atom. The van der Waals surface area contributed by atoms with Crippen LogP contribution in [0.4, 0.5) is 11.4 Å². The fourth-order valence-electron chi connectivity index (χ4n) is 7.41. The molecule has 3 amide bonds. The van der Waals surface area contributed by atoms with Gasteiger partial charge in [0.15, 0.2) is 0 Å². The number of anilines is 2. The number of benzene rings is 2. The molecule has 3 aliphatic rings. The summed E-state index contributed by atoms with van der Waals surface area (Å²) in [5.74, 6) is -0.202. The topological polar surface area (TPSA) is 99.6 Å². The van der Waals surface area contributed by atoms with Crippen molar-refractivity contribution in [1.82, 2.24) is 4.90 Å². The maximum absolute atomic E-state index is 14.8. The summed E-state index contributed by atoms with van der Waals surface area (Å²) in [4.78, 5) is 49.0. The van der Waals surface area contributed by atoms with Gasteiger partial charge in [-0.3, -0.25) is 14.4 Å². The molecule has 3 heterocycles. The van der Waals surface area contributed by atoms with Gasteiger partial charge in [-0.2, -0.15) is 0 Å². The maximum atomic E-state index is 14.8. The van der Waals surface area contributed by atoms with Crippen LogP contribution in [0.2, 0.25) is 0 Å². The number of carbonyl (C=O) groups excluding carboxylic acids is 3. The van der Waals surface area contributed by atoms with Crippen molar-refractivity contribution < 1.29 is 29.0 Å². The summed E-state index contributed by atoms with van der Waals surface area (Å²) in [5, 5.41) is 9.30. The molecule has 3 aliphatic heterocycles. The number of hydrogen-bond donors (Lipinski definition) is 1. The molecule has 9 nitrogen and oxygen atoms in total. The van der Waals surface area contributed by atoms with Gasteiger partial charge < -0.3 is 29.3 Å². The average molecular weight is 648 g/mol. The van der Waals surface area contributed by atoms with E-state index in [1.54, 1.807) is 45.7 Å². The van der Waals surface area contributed by atoms with Crippen LogP contribution in [0.5, 0.6) is 11.5 Å². The van der Waals surface area contributed by atoms with E-state index >= 15 is 0 Å². The van der Waals surface area contributed by atoms with E-state index in [1.807, 2.05) is 55.5 Å². The number of methoxy groups -OCH3 is 1. The second kappa shape index (κ2) is 14.8. The first kappa shape index (κ1) is 33.6. The Morgan fingerprint density at radius 1 is 0.978 bits per heavy atom. The Balaban J connectivity index is 1.51. The van der Waals surface area contributed by atoms with Crippen LogP contribution < -0.4 is 19.3 Å². The molecule has 2 bridgehead atoms. The van der Waals surface area contributed by atoms with Crippen LogP contribution in [0.15, 0.2) is 73.8 Å². The third-order valence-corrected chi connectivity index (χ3v) is 11.3. The molecule has 2 aromatic carbocycles. The van der Waals surface area contributed by atoms with E-state index in [2.05, 4.69) is 13.2 Å². The Kier molecular flexibility index (Phi) is 10.8. The summed E-state index contributed by atoms with van der Waals surface area (Å²) < 4.78 is 10.2. The standard InChI is InChI=1S/C36H45N3O6S/c1-5-21-37(25-13-17-28(18-14-25)45-7-3)33(41)30-29-19-20-36(46-29)31(30)34(42)39(23-9-8-10-24-40)32(36)35(43)38(22-6-2)26-11-15-27(44-4)16-12-26/h5-6,11-18,29-32,40H,1-2,7-10,19-24H2,3-4H3/t29-,30+,31+,32?,36?/m1/s1. The number of nitrogens with zero attached hydrogens (tertiary/aromatic N) is 3. The van der Waals surface area contributed by atoms with E-state index in [1.165, 1.54) is 0 Å². The summed E-state index contributed by atoms with van der Waals surface area (Å²) in [5.41, 5.74) is 1.40. The van der Waals surface area contributed by atoms with E-state index in [4.69, 9.17) is 9.47 Å². The molecule has 0 radical (unpaired) electrons. The van der Waals surface area contributed by atoms with Gasteiger partial charge in [0.25, 0.3) is 5.91 Å². The molecule has 0 aromatic heterocycles. The maximum Gasteiger partial charge on any atom is 0.251 e. The summed E-state index contributed by atoms with van der Waals surface area (Å²) in [6.07, 6.45) is 6.84. The van der Waals surface area contributed by atoms with Crippen LogP contribution in [-0.2, 0) is 14.4 Å². The first-order valence-corrected chi connectivity index (χ1v) is 17.0. The molecule has 5 rings (SSSR count). The lowest BCUT2D eigenvalue weighted by Gasteiger charge is -2.37. The molecular weight excluding hydrogens is 602 g/mol. The number of likely N-dealkylation sites (tertiary alicyclic amines) is 1. The molecule has 3 fully saturated rings. The normalized spacial score (nSPS) is 24.4. The highest BCUT2D eigenvalue weighted by atomic mass is 32.2. The highest BCUT2D eigenvalue weighted by Crippen LogP contribution is 2.67. The molecular formula is C36H45N3O6S. The lowest BCUT2D eigenvalue weighted by Crippen LogP contribution is -2.55. The number of aliphatic hydroxyl groups excluding tert-OH is 1. The monoisotopic (exact) mass is 647 g/mol. The zero-order chi connectivity index (χ0) is 32.8. The molecule has 0 aliphatic carbocycles. The van der Waals surface area contributed by atoms with Gasteiger partial charge in [-0.1, -0.05) is 12.2 Å². The van der Waals surface area contributed by atoms with Gasteiger partial charge in [-0.05, 0) is 87.6 Å². The molecule has 246 valence electrons. The van der Waals surface area contributed by atoms with Crippen molar-refractivity contribution in [3.8, 4) is 11.5 Å². The number of ether oxygens (including phenoxy) is 2. The molecule has 1 N–H and O–H groups in total. The smallest absolute Gasteiger partial charge is 0.251 e. The summed E-state index contributed by atoms with van der Waals surface area (Å²) in [7, 11) is 1.59. The highest BCUT2D eigenvalue weighted by Gasteiger charge is 2.74. The molecule has 2 aromatic rings. The fraction of sp³-hybridized carbons (Fsp3) is 0.472. The summed E-state index contributed by atoms with van der Waals surface area (Å²) in [6.45, 7) is 11.3. The molecule has 1 spiro atoms. The molecule has 3 saturated heterocycles. The first-order valence-electron chi connectivity index (χ1n) is 16.2. The Hall–Kier alpha value is -3.76. The van der Waals surface area contributed by atoms with Crippen LogP contribution in [0.1, 0.15) is 39.0 Å². The summed E-state index contributed by atoms with van der Waals surface area (Å²) >= 11 is 1.66. The van der Waals surface area contributed by atoms with Gasteiger partial charge in [0.2, 0.25) is 11.8 Å². The van der Waals surface area contributed by atoms with Crippen LogP contribution in [0, 0.1) is 11.8 Å². The van der Waals surface area contributed by atoms with Crippen LogP contribution >= 0.6 is 11.8 Å². The lowest BCUT2D eigenvalue weighted by molar-refractivity contribution is -0.139. The largest absolute Gasteiger partial charge is 0.497 e. The van der Waals surface area contributed by atoms with E-state index in [9.17, 15) is 19.5 Å². The average Bonchev–Trinajstić information content (AvgIpc) is 3.72. The van der Waals surface area contributed by atoms with E-state index in [0.29, 0.717) is 56.1 Å². The SMILES string of the molecule is C=CCN(C(=O)C1N(CCCCCO)C(=O)[C@@H]2[C@@H](C(=O)N(CC=C)c3ccc(OCC)cc3)[C@H]3CCC12S3)c1ccc(OC)cc1. The zero-order valence-corrected chi connectivity index (χ0v) is 27.6. The molecule has 5 atom stereocenters. The Labute approximate surface area is 276 Å². The molecule has 2 unspecified atom stereocenters. The van der Waals surface area contributed by atoms with Gasteiger partial charge in [-0.15, -0.1) is 24.9 Å². The number of fused-ring (bicyclic) bond motifs is 1. The number of carbonyl (C=O) groups is 3. The molecule has 0 saturated carbocycles. The third kappa shape index (κ3) is 6.17. The number of unbranched alkanes of at least 4 members (excludes halogenated alkanes) is 2. The number of rotatable bonds is 16. The van der Waals surface area contributed by atoms with Crippen LogP contribution in [-0.4, -0.2) is 83.7 Å². The summed E-state index contributed by atoms with van der Waals surface area (Å²) in [6, 6.07) is 14.0. The van der Waals surface area contributed by atoms with E-state index in [-0.39, 0.29) is 36.1 Å². The second-order valence-corrected chi connectivity index (χ2v) is 13.6. The van der Waals surface area contributed by atoms with Gasteiger partial charge in [-0.25, -0.2) is 0 Å². The third-order valence-electron chi connectivity index (χ3n) is 9.38. The number of aliphatic hydroxyl groups is 1. The fourth-order valence-corrected chi connectivity index (χ4v) is 9.61. The molecule has 46 heavy (non-hydrogen) atoms. The number of hydrogen-bond acceptors (Lipinski definition) is 7. The number of thioether (sulfide) groups is 1. The van der Waals surface area contributed by atoms with Crippen molar-refractivity contribution in [2.75, 3.05) is 49.8 Å². The predicted octanol–water partition coefficient (Wildman–Crippen LogP) is 5.09. The van der Waals surface area contributed by atoms with Crippen molar-refractivity contribution in [3.63, 3.8) is 0 Å². The van der Waals surface area contributed by atoms with Gasteiger partial charge in [0.1, 0.15) is 17.5 Å². The van der Waals surface area contributed by atoms with Crippen molar-refractivity contribution in [2.45, 2.75) is 55.1 Å². The zero-order valence-electron chi connectivity index (χ0n) is 26.8. The minimum absolute atomic E-state index is 0.0721. The minimum Gasteiger partial charge on any atom is -0.497 e. The van der Waals surface area contributed by atoms with Crippen molar-refractivity contribution >= 4 is 40.9 Å². The van der Waals surface area contributed by atoms with Gasteiger partial charge >= 0.3 is 0 Å². The van der Waals surface area contributed by atoms with Crippen LogP contribution in [0.25, 0.3) is 0 Å². The number of amides is 3. The lowest BCUT2D eigenvalue weighted by atomic mass is 9.70. The second-order valence-electron chi connectivity index (χ2n) is 12.0. The van der Waals surface area contributed by atoms with Crippen LogP contribution in [0.3, 0.4) is 0 Å². The highest BCUT2D eigenvalue weighted by molar-refractivity contribution is 8.02. The van der Waals surface area contributed by atoms with E-state index in [0.717, 1.165) is 18.6 Å². The Bertz CT molecular complexity index is 1420. The van der Waals surface area contributed by atoms with Gasteiger partial charge in [0, 0.05) is 42.9 Å². The minimum atomic E-state index is -0.729. The Morgan fingerprint density at radius 3 is 2.15 bits per heavy atom. The van der Waals surface area contributed by atoms with E-state index < -0.39 is 22.6 Å². The first-order chi connectivity index (χ1) is 22.3. The van der Waals surface area contributed by atoms with Crippen molar-refractivity contribution in [2.24, 2.45) is 11.8 Å². The predicted molar refractivity (Wildman–Crippen MR) is 182 cm³/mol. The van der Waals surface area contributed by atoms with Crippen molar-refractivity contribution in [3.05, 3.63) is 73.8 Å². The molecule has 10 heteroatoms.